The molecule has 2 rings (SSSR count). The highest BCUT2D eigenvalue weighted by atomic mass is 32.1. The van der Waals surface area contributed by atoms with Gasteiger partial charge in [0, 0.05) is 6.54 Å². The van der Waals surface area contributed by atoms with Crippen molar-refractivity contribution in [1.29, 1.82) is 0 Å². The third-order valence-corrected chi connectivity index (χ3v) is 3.04. The maximum absolute atomic E-state index is 5.47. The summed E-state index contributed by atoms with van der Waals surface area (Å²) in [5.41, 5.74) is 7.19. The van der Waals surface area contributed by atoms with Crippen LogP contribution in [0.4, 0.5) is 5.69 Å². The first-order valence-corrected chi connectivity index (χ1v) is 5.66. The van der Waals surface area contributed by atoms with E-state index in [-0.39, 0.29) is 0 Å². The minimum Gasteiger partial charge on any atom is -0.388 e. The lowest BCUT2D eigenvalue weighted by Crippen LogP contribution is -2.21. The molecule has 0 saturated heterocycles. The Balaban J connectivity index is 1.88. The Morgan fingerprint density at radius 1 is 1.53 bits per heavy atom. The van der Waals surface area contributed by atoms with E-state index in [1.807, 2.05) is 12.1 Å². The summed E-state index contributed by atoms with van der Waals surface area (Å²) in [6, 6.07) is 3.82. The maximum Gasteiger partial charge on any atom is 0.122 e. The average Bonchev–Trinajstić information content (AvgIpc) is 2.16. The van der Waals surface area contributed by atoms with Gasteiger partial charge in [0.1, 0.15) is 4.99 Å². The molecule has 0 radical (unpaired) electrons. The summed E-state index contributed by atoms with van der Waals surface area (Å²) in [6.45, 7) is 1.05. The first-order valence-electron chi connectivity index (χ1n) is 5.25. The Labute approximate surface area is 95.1 Å². The Hall–Kier alpha value is -1.16. The molecular formula is C11H15N3S. The lowest BCUT2D eigenvalue weighted by atomic mass is 9.85. The number of aromatic nitrogens is 1. The quantitative estimate of drug-likeness (QED) is 0.763. The van der Waals surface area contributed by atoms with Gasteiger partial charge in [0.25, 0.3) is 0 Å². The van der Waals surface area contributed by atoms with Gasteiger partial charge in [-0.05, 0) is 30.9 Å². The van der Waals surface area contributed by atoms with Gasteiger partial charge < -0.3 is 11.1 Å². The highest BCUT2D eigenvalue weighted by Gasteiger charge is 2.16. The van der Waals surface area contributed by atoms with Gasteiger partial charge in [0.05, 0.1) is 17.6 Å². The molecule has 15 heavy (non-hydrogen) atoms. The van der Waals surface area contributed by atoms with E-state index in [1.165, 1.54) is 19.3 Å². The normalized spacial score (nSPS) is 15.7. The van der Waals surface area contributed by atoms with Gasteiger partial charge >= 0.3 is 0 Å². The van der Waals surface area contributed by atoms with Gasteiger partial charge in [-0.15, -0.1) is 0 Å². The predicted molar refractivity (Wildman–Crippen MR) is 66.0 cm³/mol. The van der Waals surface area contributed by atoms with E-state index >= 15 is 0 Å². The van der Waals surface area contributed by atoms with E-state index in [0.717, 1.165) is 18.2 Å². The number of pyridine rings is 1. The number of hydrogen-bond donors (Lipinski definition) is 2. The van der Waals surface area contributed by atoms with Gasteiger partial charge in [-0.25, -0.2) is 0 Å². The van der Waals surface area contributed by atoms with Gasteiger partial charge in [-0.1, -0.05) is 18.6 Å². The largest absolute Gasteiger partial charge is 0.388 e. The maximum atomic E-state index is 5.47. The fraction of sp³-hybridized carbons (Fsp3) is 0.455. The molecule has 3 N–H and O–H groups in total. The van der Waals surface area contributed by atoms with Crippen LogP contribution in [0.15, 0.2) is 18.3 Å². The zero-order valence-electron chi connectivity index (χ0n) is 8.57. The van der Waals surface area contributed by atoms with Crippen LogP contribution in [-0.4, -0.2) is 16.5 Å². The van der Waals surface area contributed by atoms with Crippen molar-refractivity contribution in [3.05, 3.63) is 24.0 Å². The molecule has 0 aromatic carbocycles. The minimum atomic E-state index is 0.348. The summed E-state index contributed by atoms with van der Waals surface area (Å²) in [4.78, 5) is 4.52. The van der Waals surface area contributed by atoms with Crippen LogP contribution < -0.4 is 11.1 Å². The Bertz CT molecular complexity index is 343. The van der Waals surface area contributed by atoms with Crippen LogP contribution in [-0.2, 0) is 0 Å². The number of nitrogens with two attached hydrogens (primary N) is 1. The zero-order valence-corrected chi connectivity index (χ0v) is 9.39. The molecule has 1 aromatic rings. The van der Waals surface area contributed by atoms with Crippen LogP contribution in [0.1, 0.15) is 25.0 Å². The van der Waals surface area contributed by atoms with E-state index in [9.17, 15) is 0 Å². The molecule has 80 valence electrons. The number of rotatable bonds is 4. The summed E-state index contributed by atoms with van der Waals surface area (Å²) >= 11 is 4.83. The summed E-state index contributed by atoms with van der Waals surface area (Å²) < 4.78 is 0. The third-order valence-electron chi connectivity index (χ3n) is 2.84. The van der Waals surface area contributed by atoms with Gasteiger partial charge in [-0.3, -0.25) is 4.98 Å². The van der Waals surface area contributed by atoms with E-state index in [0.29, 0.717) is 10.7 Å². The smallest absolute Gasteiger partial charge is 0.122 e. The molecule has 3 nitrogen and oxygen atoms in total. The lowest BCUT2D eigenvalue weighted by molar-refractivity contribution is 0.333. The van der Waals surface area contributed by atoms with Crippen LogP contribution >= 0.6 is 12.2 Å². The average molecular weight is 221 g/mol. The van der Waals surface area contributed by atoms with E-state index in [1.54, 1.807) is 6.20 Å². The summed E-state index contributed by atoms with van der Waals surface area (Å²) in [5.74, 6) is 0.847. The van der Waals surface area contributed by atoms with Crippen molar-refractivity contribution in [2.45, 2.75) is 19.3 Å². The van der Waals surface area contributed by atoms with Crippen molar-refractivity contribution in [3.8, 4) is 0 Å². The zero-order chi connectivity index (χ0) is 10.7. The van der Waals surface area contributed by atoms with Gasteiger partial charge in [0.2, 0.25) is 0 Å². The molecule has 0 bridgehead atoms. The first kappa shape index (κ1) is 10.4. The molecule has 0 aliphatic heterocycles. The minimum absolute atomic E-state index is 0.348. The molecule has 1 heterocycles. The fourth-order valence-corrected chi connectivity index (χ4v) is 1.72. The standard InChI is InChI=1S/C11H15N3S/c12-11(15)10-5-4-9(7-14-10)13-6-8-2-1-3-8/h4-5,7-8,13H,1-3,6H2,(H2,12,15). The molecule has 1 saturated carbocycles. The highest BCUT2D eigenvalue weighted by molar-refractivity contribution is 7.80. The van der Waals surface area contributed by atoms with Crippen LogP contribution in [0.25, 0.3) is 0 Å². The van der Waals surface area contributed by atoms with Crippen LogP contribution in [0.3, 0.4) is 0 Å². The summed E-state index contributed by atoms with van der Waals surface area (Å²) in [6.07, 6.45) is 5.87. The monoisotopic (exact) mass is 221 g/mol. The van der Waals surface area contributed by atoms with Crippen LogP contribution in [0.2, 0.25) is 0 Å². The molecule has 0 amide bonds. The fourth-order valence-electron chi connectivity index (χ4n) is 1.60. The van der Waals surface area contributed by atoms with Crippen molar-refractivity contribution in [1.82, 2.24) is 4.98 Å². The third kappa shape index (κ3) is 2.65. The number of anilines is 1. The van der Waals surface area contributed by atoms with Crippen molar-refractivity contribution in [2.75, 3.05) is 11.9 Å². The number of nitrogens with one attached hydrogen (secondary N) is 1. The summed E-state index contributed by atoms with van der Waals surface area (Å²) in [7, 11) is 0. The summed E-state index contributed by atoms with van der Waals surface area (Å²) in [5, 5.41) is 3.37. The topological polar surface area (TPSA) is 50.9 Å². The van der Waals surface area contributed by atoms with Crippen molar-refractivity contribution in [3.63, 3.8) is 0 Å². The Morgan fingerprint density at radius 2 is 2.33 bits per heavy atom. The van der Waals surface area contributed by atoms with Crippen molar-refractivity contribution in [2.24, 2.45) is 11.7 Å². The molecule has 0 spiro atoms. The second-order valence-corrected chi connectivity index (χ2v) is 4.41. The highest BCUT2D eigenvalue weighted by Crippen LogP contribution is 2.26. The van der Waals surface area contributed by atoms with E-state index < -0.39 is 0 Å². The SMILES string of the molecule is NC(=S)c1ccc(NCC2CCC2)cn1. The van der Waals surface area contributed by atoms with Gasteiger partial charge in [0.15, 0.2) is 0 Å². The molecular weight excluding hydrogens is 206 g/mol. The molecule has 1 aromatic heterocycles. The molecule has 0 atom stereocenters. The number of nitrogens with zero attached hydrogens (tertiary/aromatic N) is 1. The number of thiocarbonyl (C=S) groups is 1. The Morgan fingerprint density at radius 3 is 2.80 bits per heavy atom. The lowest BCUT2D eigenvalue weighted by Gasteiger charge is -2.25. The second kappa shape index (κ2) is 4.57. The van der Waals surface area contributed by atoms with E-state index in [2.05, 4.69) is 10.3 Å². The number of hydrogen-bond acceptors (Lipinski definition) is 3. The molecule has 1 fully saturated rings. The predicted octanol–water partition coefficient (Wildman–Crippen LogP) is 1.93. The molecule has 1 aliphatic rings. The van der Waals surface area contributed by atoms with Gasteiger partial charge in [-0.2, -0.15) is 0 Å². The molecule has 0 unspecified atom stereocenters. The molecule has 1 aliphatic carbocycles. The second-order valence-electron chi connectivity index (χ2n) is 3.97. The first-order chi connectivity index (χ1) is 7.25. The van der Waals surface area contributed by atoms with Crippen LogP contribution in [0, 0.1) is 5.92 Å². The Kier molecular flexibility index (Phi) is 3.16. The van der Waals surface area contributed by atoms with Crippen molar-refractivity contribution >= 4 is 22.9 Å². The van der Waals surface area contributed by atoms with Crippen LogP contribution in [0.5, 0.6) is 0 Å². The van der Waals surface area contributed by atoms with E-state index in [4.69, 9.17) is 18.0 Å². The molecule has 4 heteroatoms. The van der Waals surface area contributed by atoms with Crippen molar-refractivity contribution < 1.29 is 0 Å².